The van der Waals surface area contributed by atoms with E-state index in [1.54, 1.807) is 0 Å². The standard InChI is InChI=1S/C19H27NSi/c1-15-6-10-18(11-7-15)16(2)20-14-17-8-12-19(13-9-17)21(3,4)5/h6-13,16,20H,14H2,1-5H3/t16-/m0/s1. The van der Waals surface area contributed by atoms with Crippen LogP contribution in [0.25, 0.3) is 0 Å². The third-order valence-electron chi connectivity index (χ3n) is 4.01. The van der Waals surface area contributed by atoms with E-state index < -0.39 is 8.07 Å². The lowest BCUT2D eigenvalue weighted by Crippen LogP contribution is -2.37. The normalized spacial score (nSPS) is 13.2. The van der Waals surface area contributed by atoms with Crippen molar-refractivity contribution in [3.8, 4) is 0 Å². The van der Waals surface area contributed by atoms with Crippen LogP contribution in [0.5, 0.6) is 0 Å². The second kappa shape index (κ2) is 6.59. The van der Waals surface area contributed by atoms with Crippen molar-refractivity contribution in [2.45, 2.75) is 46.1 Å². The van der Waals surface area contributed by atoms with Crippen LogP contribution in [0.15, 0.2) is 48.5 Å². The number of hydrogen-bond acceptors (Lipinski definition) is 1. The van der Waals surface area contributed by atoms with Gasteiger partial charge in [-0.2, -0.15) is 0 Å². The lowest BCUT2D eigenvalue weighted by atomic mass is 10.1. The summed E-state index contributed by atoms with van der Waals surface area (Å²) in [5.74, 6) is 0. The molecule has 0 saturated heterocycles. The van der Waals surface area contributed by atoms with Crippen LogP contribution < -0.4 is 10.5 Å². The molecule has 0 aliphatic rings. The van der Waals surface area contributed by atoms with Crippen molar-refractivity contribution in [1.29, 1.82) is 0 Å². The number of nitrogens with one attached hydrogen (secondary N) is 1. The van der Waals surface area contributed by atoms with Gasteiger partial charge in [0.25, 0.3) is 0 Å². The molecule has 0 aliphatic carbocycles. The topological polar surface area (TPSA) is 12.0 Å². The van der Waals surface area contributed by atoms with E-state index in [4.69, 9.17) is 0 Å². The van der Waals surface area contributed by atoms with E-state index in [1.165, 1.54) is 21.9 Å². The van der Waals surface area contributed by atoms with Gasteiger partial charge in [-0.05, 0) is 25.0 Å². The largest absolute Gasteiger partial charge is 0.306 e. The molecule has 0 aliphatic heterocycles. The molecule has 2 aromatic rings. The molecule has 0 aromatic heterocycles. The summed E-state index contributed by atoms with van der Waals surface area (Å²) in [6, 6.07) is 18.3. The molecule has 1 atom stereocenters. The van der Waals surface area contributed by atoms with Gasteiger partial charge in [0.1, 0.15) is 0 Å². The van der Waals surface area contributed by atoms with Crippen LogP contribution in [0.2, 0.25) is 19.6 Å². The molecular formula is C19H27NSi. The molecule has 0 bridgehead atoms. The minimum Gasteiger partial charge on any atom is -0.306 e. The highest BCUT2D eigenvalue weighted by Crippen LogP contribution is 2.14. The second-order valence-corrected chi connectivity index (χ2v) is 12.0. The van der Waals surface area contributed by atoms with Crippen LogP contribution in [-0.2, 0) is 6.54 Å². The zero-order valence-electron chi connectivity index (χ0n) is 13.9. The first-order valence-corrected chi connectivity index (χ1v) is 11.3. The summed E-state index contributed by atoms with van der Waals surface area (Å²) in [5, 5.41) is 5.13. The Balaban J connectivity index is 1.95. The van der Waals surface area contributed by atoms with E-state index in [-0.39, 0.29) is 0 Å². The van der Waals surface area contributed by atoms with Gasteiger partial charge in [0.05, 0.1) is 8.07 Å². The molecule has 0 heterocycles. The summed E-state index contributed by atoms with van der Waals surface area (Å²) < 4.78 is 0. The zero-order chi connectivity index (χ0) is 15.5. The summed E-state index contributed by atoms with van der Waals surface area (Å²) in [6.07, 6.45) is 0. The average molecular weight is 298 g/mol. The fourth-order valence-electron chi connectivity index (χ4n) is 2.37. The van der Waals surface area contributed by atoms with E-state index in [0.29, 0.717) is 6.04 Å². The molecule has 1 N–H and O–H groups in total. The minimum atomic E-state index is -1.18. The van der Waals surface area contributed by atoms with Crippen LogP contribution in [0.4, 0.5) is 0 Å². The molecule has 2 aromatic carbocycles. The van der Waals surface area contributed by atoms with Gasteiger partial charge in [-0.3, -0.25) is 0 Å². The maximum absolute atomic E-state index is 3.60. The molecule has 0 saturated carbocycles. The van der Waals surface area contributed by atoms with E-state index in [1.807, 2.05) is 0 Å². The fraction of sp³-hybridized carbons (Fsp3) is 0.368. The van der Waals surface area contributed by atoms with Crippen LogP contribution >= 0.6 is 0 Å². The lowest BCUT2D eigenvalue weighted by Gasteiger charge is -2.18. The molecule has 2 heteroatoms. The van der Waals surface area contributed by atoms with Crippen LogP contribution in [-0.4, -0.2) is 8.07 Å². The third kappa shape index (κ3) is 4.55. The second-order valence-electron chi connectivity index (χ2n) is 6.96. The highest BCUT2D eigenvalue weighted by Gasteiger charge is 2.15. The molecule has 0 unspecified atom stereocenters. The van der Waals surface area contributed by atoms with Gasteiger partial charge < -0.3 is 5.32 Å². The number of rotatable bonds is 5. The Morgan fingerprint density at radius 2 is 1.48 bits per heavy atom. The summed E-state index contributed by atoms with van der Waals surface area (Å²) in [7, 11) is -1.18. The quantitative estimate of drug-likeness (QED) is 0.807. The zero-order valence-corrected chi connectivity index (χ0v) is 14.9. The van der Waals surface area contributed by atoms with Gasteiger partial charge >= 0.3 is 0 Å². The minimum absolute atomic E-state index is 0.377. The van der Waals surface area contributed by atoms with Crippen molar-refractivity contribution in [2.75, 3.05) is 0 Å². The number of aryl methyl sites for hydroxylation is 1. The average Bonchev–Trinajstić information content (AvgIpc) is 2.45. The van der Waals surface area contributed by atoms with Crippen LogP contribution in [0.1, 0.15) is 29.7 Å². The molecule has 0 amide bonds. The van der Waals surface area contributed by atoms with E-state index in [2.05, 4.69) is 87.3 Å². The molecule has 0 radical (unpaired) electrons. The molecule has 0 fully saturated rings. The lowest BCUT2D eigenvalue weighted by molar-refractivity contribution is 0.574. The first-order valence-electron chi connectivity index (χ1n) is 7.75. The molecule has 1 nitrogen and oxygen atoms in total. The van der Waals surface area contributed by atoms with Crippen molar-refractivity contribution in [3.63, 3.8) is 0 Å². The van der Waals surface area contributed by atoms with Crippen molar-refractivity contribution >= 4 is 13.3 Å². The molecule has 21 heavy (non-hydrogen) atoms. The smallest absolute Gasteiger partial charge is 0.0775 e. The van der Waals surface area contributed by atoms with Crippen LogP contribution in [0.3, 0.4) is 0 Å². The first kappa shape index (κ1) is 16.0. The summed E-state index contributed by atoms with van der Waals surface area (Å²) in [5.41, 5.74) is 4.02. The Hall–Kier alpha value is -1.38. The Bertz CT molecular complexity index is 564. The highest BCUT2D eigenvalue weighted by atomic mass is 28.3. The van der Waals surface area contributed by atoms with Crippen molar-refractivity contribution < 1.29 is 0 Å². The number of benzene rings is 2. The predicted molar refractivity (Wildman–Crippen MR) is 95.9 cm³/mol. The molecular weight excluding hydrogens is 270 g/mol. The van der Waals surface area contributed by atoms with Gasteiger partial charge in [0.15, 0.2) is 0 Å². The van der Waals surface area contributed by atoms with Crippen molar-refractivity contribution in [2.24, 2.45) is 0 Å². The SMILES string of the molecule is Cc1ccc([C@H](C)NCc2ccc([Si](C)(C)C)cc2)cc1. The summed E-state index contributed by atoms with van der Waals surface area (Å²) in [4.78, 5) is 0. The van der Waals surface area contributed by atoms with Crippen molar-refractivity contribution in [1.82, 2.24) is 5.32 Å². The Morgan fingerprint density at radius 1 is 0.905 bits per heavy atom. The van der Waals surface area contributed by atoms with E-state index in [9.17, 15) is 0 Å². The monoisotopic (exact) mass is 297 g/mol. The highest BCUT2D eigenvalue weighted by molar-refractivity contribution is 6.88. The fourth-order valence-corrected chi connectivity index (χ4v) is 3.53. The summed E-state index contributed by atoms with van der Waals surface area (Å²) in [6.45, 7) is 12.4. The van der Waals surface area contributed by atoms with Gasteiger partial charge in [-0.15, -0.1) is 0 Å². The third-order valence-corrected chi connectivity index (χ3v) is 6.08. The van der Waals surface area contributed by atoms with Gasteiger partial charge in [-0.1, -0.05) is 78.9 Å². The maximum Gasteiger partial charge on any atom is 0.0775 e. The van der Waals surface area contributed by atoms with Gasteiger partial charge in [0, 0.05) is 12.6 Å². The molecule has 112 valence electrons. The maximum atomic E-state index is 3.60. The Labute approximate surface area is 130 Å². The Morgan fingerprint density at radius 3 is 2.00 bits per heavy atom. The molecule has 0 spiro atoms. The van der Waals surface area contributed by atoms with Gasteiger partial charge in [-0.25, -0.2) is 0 Å². The predicted octanol–water partition coefficient (Wildman–Crippen LogP) is 4.39. The number of hydrogen-bond donors (Lipinski definition) is 1. The Kier molecular flexibility index (Phi) is 5.02. The van der Waals surface area contributed by atoms with Crippen LogP contribution in [0, 0.1) is 6.92 Å². The van der Waals surface area contributed by atoms with Crippen molar-refractivity contribution in [3.05, 3.63) is 65.2 Å². The van der Waals surface area contributed by atoms with E-state index in [0.717, 1.165) is 6.54 Å². The first-order chi connectivity index (χ1) is 9.86. The molecule has 2 rings (SSSR count). The van der Waals surface area contributed by atoms with Gasteiger partial charge in [0.2, 0.25) is 0 Å². The summed E-state index contributed by atoms with van der Waals surface area (Å²) >= 11 is 0. The van der Waals surface area contributed by atoms with E-state index >= 15 is 0 Å².